The molecule has 0 amide bonds. The smallest absolute Gasteiger partial charge is 0.398 e. The predicted octanol–water partition coefficient (Wildman–Crippen LogP) is 3.58. The lowest BCUT2D eigenvalue weighted by atomic mass is 10.2. The SMILES string of the molecule is C#[N+]C(c1ccc(OC)c(F)c1)S(=O)(=O)c1ccc(C)cc1. The summed E-state index contributed by atoms with van der Waals surface area (Å²) in [7, 11) is -2.53. The molecule has 1 unspecified atom stereocenters. The largest absolute Gasteiger partial charge is 0.494 e. The van der Waals surface area contributed by atoms with Gasteiger partial charge in [0.25, 0.3) is 16.4 Å². The van der Waals surface area contributed by atoms with Gasteiger partial charge in [0.1, 0.15) is 0 Å². The van der Waals surface area contributed by atoms with Crippen LogP contribution in [0.3, 0.4) is 0 Å². The van der Waals surface area contributed by atoms with E-state index in [1.807, 2.05) is 6.92 Å². The second-order valence-electron chi connectivity index (χ2n) is 4.75. The molecule has 2 rings (SSSR count). The summed E-state index contributed by atoms with van der Waals surface area (Å²) in [5, 5.41) is -1.38. The number of benzene rings is 2. The molecule has 0 N–H and O–H groups in total. The number of aryl methyl sites for hydroxylation is 1. The van der Waals surface area contributed by atoms with E-state index in [2.05, 4.69) is 4.85 Å². The first-order valence-corrected chi connectivity index (χ1v) is 7.99. The van der Waals surface area contributed by atoms with Gasteiger partial charge in [-0.25, -0.2) is 12.8 Å². The molecule has 0 aromatic heterocycles. The standard InChI is InChI=1S/C16H15FNO3S/c1-11-4-7-13(8-5-11)22(19,20)16(18-2)12-6-9-15(21-3)14(17)10-12/h2,4-10,16H,1,3H3/q+1. The molecular formula is C16H15FNO3S+. The van der Waals surface area contributed by atoms with Crippen LogP contribution in [0, 0.1) is 19.3 Å². The molecule has 6 heteroatoms. The van der Waals surface area contributed by atoms with Crippen LogP contribution >= 0.6 is 0 Å². The maximum Gasteiger partial charge on any atom is 0.398 e. The zero-order valence-corrected chi connectivity index (χ0v) is 13.0. The van der Waals surface area contributed by atoms with E-state index in [0.717, 1.165) is 11.6 Å². The normalized spacial score (nSPS) is 12.5. The van der Waals surface area contributed by atoms with Gasteiger partial charge in [0.15, 0.2) is 11.6 Å². The van der Waals surface area contributed by atoms with Crippen LogP contribution in [0.4, 0.5) is 4.39 Å². The summed E-state index contributed by atoms with van der Waals surface area (Å²) in [6.45, 7) is 7.12. The Morgan fingerprint density at radius 2 is 1.82 bits per heavy atom. The summed E-state index contributed by atoms with van der Waals surface area (Å²) in [5.74, 6) is -0.653. The van der Waals surface area contributed by atoms with Crippen LogP contribution in [0.5, 0.6) is 5.75 Å². The Balaban J connectivity index is 2.50. The van der Waals surface area contributed by atoms with Gasteiger partial charge in [-0.1, -0.05) is 22.5 Å². The number of rotatable bonds is 4. The fourth-order valence-electron chi connectivity index (χ4n) is 2.04. The van der Waals surface area contributed by atoms with Crippen LogP contribution in [0.25, 0.3) is 4.85 Å². The molecule has 0 aliphatic carbocycles. The van der Waals surface area contributed by atoms with E-state index in [1.54, 1.807) is 12.1 Å². The van der Waals surface area contributed by atoms with Gasteiger partial charge in [-0.2, -0.15) is 0 Å². The monoisotopic (exact) mass is 320 g/mol. The number of sulfone groups is 1. The van der Waals surface area contributed by atoms with E-state index in [-0.39, 0.29) is 16.2 Å². The van der Waals surface area contributed by atoms with Gasteiger partial charge in [0.2, 0.25) is 0 Å². The topological polar surface area (TPSA) is 47.7 Å². The zero-order chi connectivity index (χ0) is 16.3. The Bertz CT molecular complexity index is 823. The summed E-state index contributed by atoms with van der Waals surface area (Å²) < 4.78 is 43.8. The molecule has 0 spiro atoms. The van der Waals surface area contributed by atoms with Gasteiger partial charge < -0.3 is 4.74 Å². The van der Waals surface area contributed by atoms with Crippen molar-refractivity contribution in [1.29, 1.82) is 0 Å². The third-order valence-electron chi connectivity index (χ3n) is 3.24. The van der Waals surface area contributed by atoms with Crippen LogP contribution in [-0.4, -0.2) is 15.5 Å². The lowest BCUT2D eigenvalue weighted by molar-refractivity contribution is 0.386. The van der Waals surface area contributed by atoms with E-state index in [4.69, 9.17) is 11.3 Å². The van der Waals surface area contributed by atoms with E-state index in [1.165, 1.54) is 31.4 Å². The molecule has 0 radical (unpaired) electrons. The van der Waals surface area contributed by atoms with Gasteiger partial charge in [-0.15, -0.1) is 0 Å². The summed E-state index contributed by atoms with van der Waals surface area (Å²) >= 11 is 0. The van der Waals surface area contributed by atoms with Crippen molar-refractivity contribution in [3.8, 4) is 12.3 Å². The van der Waals surface area contributed by atoms with E-state index < -0.39 is 21.0 Å². The molecule has 0 saturated heterocycles. The highest BCUT2D eigenvalue weighted by atomic mass is 32.2. The second-order valence-corrected chi connectivity index (χ2v) is 6.76. The van der Waals surface area contributed by atoms with Crippen LogP contribution in [0.2, 0.25) is 0 Å². The minimum Gasteiger partial charge on any atom is -0.494 e. The third-order valence-corrected chi connectivity index (χ3v) is 5.15. The average molecular weight is 320 g/mol. The Kier molecular flexibility index (Phi) is 4.48. The quantitative estimate of drug-likeness (QED) is 0.865. The van der Waals surface area contributed by atoms with Gasteiger partial charge in [0, 0.05) is 0 Å². The molecule has 0 fully saturated rings. The number of halogens is 1. The molecule has 2 aromatic carbocycles. The van der Waals surface area contributed by atoms with Gasteiger partial charge >= 0.3 is 5.37 Å². The maximum absolute atomic E-state index is 13.8. The van der Waals surface area contributed by atoms with Crippen LogP contribution in [-0.2, 0) is 9.84 Å². The van der Waals surface area contributed by atoms with Crippen molar-refractivity contribution in [3.63, 3.8) is 0 Å². The molecule has 0 bridgehead atoms. The molecule has 1 atom stereocenters. The van der Waals surface area contributed by atoms with Crippen LogP contribution in [0.1, 0.15) is 16.5 Å². The fourth-order valence-corrected chi connectivity index (χ4v) is 3.48. The number of hydrogen-bond donors (Lipinski definition) is 0. The molecule has 114 valence electrons. The molecule has 0 saturated carbocycles. The first kappa shape index (κ1) is 16.0. The predicted molar refractivity (Wildman–Crippen MR) is 82.4 cm³/mol. The molecule has 22 heavy (non-hydrogen) atoms. The first-order valence-electron chi connectivity index (χ1n) is 6.44. The molecule has 4 nitrogen and oxygen atoms in total. The van der Waals surface area contributed by atoms with Crippen molar-refractivity contribution in [2.24, 2.45) is 0 Å². The molecule has 0 aliphatic heterocycles. The van der Waals surface area contributed by atoms with Crippen LogP contribution < -0.4 is 4.74 Å². The number of ether oxygens (including phenoxy) is 1. The van der Waals surface area contributed by atoms with E-state index in [9.17, 15) is 12.8 Å². The van der Waals surface area contributed by atoms with Crippen molar-refractivity contribution in [2.75, 3.05) is 7.11 Å². The van der Waals surface area contributed by atoms with Gasteiger partial charge in [0.05, 0.1) is 17.6 Å². The average Bonchev–Trinajstić information content (AvgIpc) is 2.48. The second kappa shape index (κ2) is 6.16. The highest BCUT2D eigenvalue weighted by Gasteiger charge is 2.38. The Morgan fingerprint density at radius 3 is 2.32 bits per heavy atom. The van der Waals surface area contributed by atoms with Crippen molar-refractivity contribution < 1.29 is 17.5 Å². The van der Waals surface area contributed by atoms with Gasteiger partial charge in [-0.3, -0.25) is 0 Å². The highest BCUT2D eigenvalue weighted by Crippen LogP contribution is 2.32. The van der Waals surface area contributed by atoms with E-state index in [0.29, 0.717) is 0 Å². The summed E-state index contributed by atoms with van der Waals surface area (Å²) in [5.41, 5.74) is 1.07. The van der Waals surface area contributed by atoms with Crippen molar-refractivity contribution in [2.45, 2.75) is 17.2 Å². The zero-order valence-electron chi connectivity index (χ0n) is 12.2. The van der Waals surface area contributed by atoms with Crippen molar-refractivity contribution in [1.82, 2.24) is 0 Å². The van der Waals surface area contributed by atoms with Crippen LogP contribution in [0.15, 0.2) is 47.4 Å². The minimum atomic E-state index is -3.86. The number of hydrogen-bond acceptors (Lipinski definition) is 3. The maximum atomic E-state index is 13.8. The number of methoxy groups -OCH3 is 1. The fraction of sp³-hybridized carbons (Fsp3) is 0.188. The van der Waals surface area contributed by atoms with Crippen molar-refractivity contribution in [3.05, 3.63) is 64.3 Å². The number of nitrogens with zero attached hydrogens (tertiary/aromatic N) is 1. The lowest BCUT2D eigenvalue weighted by Gasteiger charge is -2.07. The molecular weight excluding hydrogens is 305 g/mol. The van der Waals surface area contributed by atoms with E-state index >= 15 is 0 Å². The molecule has 0 heterocycles. The summed E-state index contributed by atoms with van der Waals surface area (Å²) in [6, 6.07) is 10.1. The third kappa shape index (κ3) is 2.95. The Labute approximate surface area is 128 Å². The highest BCUT2D eigenvalue weighted by molar-refractivity contribution is 7.91. The Morgan fingerprint density at radius 1 is 1.18 bits per heavy atom. The summed E-state index contributed by atoms with van der Waals surface area (Å²) in [6.07, 6.45) is 0. The first-order chi connectivity index (χ1) is 10.4. The van der Waals surface area contributed by atoms with Crippen molar-refractivity contribution >= 4 is 9.84 Å². The minimum absolute atomic E-state index is 0.0206. The van der Waals surface area contributed by atoms with Gasteiger partial charge in [-0.05, 0) is 37.3 Å². The molecule has 0 aliphatic rings. The summed E-state index contributed by atoms with van der Waals surface area (Å²) in [4.78, 5) is 3.51. The molecule has 2 aromatic rings. The Hall–Kier alpha value is -2.39. The lowest BCUT2D eigenvalue weighted by Crippen LogP contribution is -2.11.